The van der Waals surface area contributed by atoms with E-state index in [1.807, 2.05) is 16.0 Å². The molecule has 2 heterocycles. The molecule has 2 aromatic rings. The standard InChI is InChI=1S/C13H13N5O3S/c1-2-21-12(20)9(6-14)7-15-17-11(19)5-10-8-18-3-4-22-13(18)16-10/h3-4,7-8,15H,2,5H2,1H3,(H,17,19)/b9-7+. The second-order valence-electron chi connectivity index (χ2n) is 4.08. The summed E-state index contributed by atoms with van der Waals surface area (Å²) in [4.78, 5) is 28.1. The predicted molar refractivity (Wildman–Crippen MR) is 78.4 cm³/mol. The van der Waals surface area contributed by atoms with Gasteiger partial charge in [0.15, 0.2) is 10.5 Å². The number of carbonyl (C=O) groups excluding carboxylic acids is 2. The van der Waals surface area contributed by atoms with Crippen molar-refractivity contribution in [2.45, 2.75) is 13.3 Å². The molecule has 2 aromatic heterocycles. The Morgan fingerprint density at radius 2 is 2.41 bits per heavy atom. The van der Waals surface area contributed by atoms with Crippen LogP contribution in [0.4, 0.5) is 0 Å². The van der Waals surface area contributed by atoms with Crippen molar-refractivity contribution in [3.05, 3.63) is 35.2 Å². The first kappa shape index (κ1) is 15.5. The fourth-order valence-electron chi connectivity index (χ4n) is 1.60. The van der Waals surface area contributed by atoms with Gasteiger partial charge >= 0.3 is 5.97 Å². The minimum atomic E-state index is -0.749. The monoisotopic (exact) mass is 319 g/mol. The molecule has 0 fully saturated rings. The smallest absolute Gasteiger partial charge is 0.350 e. The molecule has 0 unspecified atom stereocenters. The number of nitriles is 1. The van der Waals surface area contributed by atoms with Gasteiger partial charge in [0, 0.05) is 24.0 Å². The topological polar surface area (TPSA) is 109 Å². The number of hydrogen-bond acceptors (Lipinski definition) is 7. The molecule has 114 valence electrons. The first-order chi connectivity index (χ1) is 10.6. The van der Waals surface area contributed by atoms with Crippen molar-refractivity contribution in [3.8, 4) is 6.07 Å². The van der Waals surface area contributed by atoms with Gasteiger partial charge < -0.3 is 10.2 Å². The number of nitrogens with one attached hydrogen (secondary N) is 2. The van der Waals surface area contributed by atoms with Crippen LogP contribution in [0.3, 0.4) is 0 Å². The van der Waals surface area contributed by atoms with Gasteiger partial charge in [-0.05, 0) is 6.92 Å². The molecule has 0 aromatic carbocycles. The Hall–Kier alpha value is -2.86. The maximum absolute atomic E-state index is 11.7. The Labute approximate surface area is 130 Å². The van der Waals surface area contributed by atoms with Crippen LogP contribution < -0.4 is 10.9 Å². The number of ether oxygens (including phenoxy) is 1. The van der Waals surface area contributed by atoms with Crippen molar-refractivity contribution in [3.63, 3.8) is 0 Å². The largest absolute Gasteiger partial charge is 0.462 e. The molecule has 0 atom stereocenters. The number of carbonyl (C=O) groups is 2. The van der Waals surface area contributed by atoms with Gasteiger partial charge in [-0.1, -0.05) is 0 Å². The molecule has 0 aliphatic rings. The van der Waals surface area contributed by atoms with E-state index in [-0.39, 0.29) is 24.5 Å². The summed E-state index contributed by atoms with van der Waals surface area (Å²) in [6.45, 7) is 1.81. The van der Waals surface area contributed by atoms with Crippen LogP contribution in [0, 0.1) is 11.3 Å². The Morgan fingerprint density at radius 1 is 1.59 bits per heavy atom. The van der Waals surface area contributed by atoms with Crippen LogP contribution in [-0.4, -0.2) is 27.9 Å². The minimum absolute atomic E-state index is 0.0799. The Balaban J connectivity index is 1.86. The molecule has 0 radical (unpaired) electrons. The van der Waals surface area contributed by atoms with Gasteiger partial charge in [-0.15, -0.1) is 11.3 Å². The molecule has 0 saturated carbocycles. The number of imidazole rings is 1. The van der Waals surface area contributed by atoms with E-state index in [9.17, 15) is 9.59 Å². The highest BCUT2D eigenvalue weighted by Crippen LogP contribution is 2.11. The van der Waals surface area contributed by atoms with E-state index in [2.05, 4.69) is 20.6 Å². The zero-order chi connectivity index (χ0) is 15.9. The van der Waals surface area contributed by atoms with Crippen LogP contribution in [0.25, 0.3) is 4.96 Å². The van der Waals surface area contributed by atoms with Gasteiger partial charge in [-0.25, -0.2) is 9.78 Å². The third kappa shape index (κ3) is 3.83. The van der Waals surface area contributed by atoms with Gasteiger partial charge in [0.05, 0.1) is 18.7 Å². The van der Waals surface area contributed by atoms with E-state index in [0.29, 0.717) is 5.69 Å². The minimum Gasteiger partial charge on any atom is -0.462 e. The van der Waals surface area contributed by atoms with Crippen molar-refractivity contribution in [1.82, 2.24) is 20.2 Å². The van der Waals surface area contributed by atoms with E-state index in [1.165, 1.54) is 11.3 Å². The molecule has 9 heteroatoms. The number of amides is 1. The quantitative estimate of drug-likeness (QED) is 0.348. The van der Waals surface area contributed by atoms with Crippen LogP contribution >= 0.6 is 11.3 Å². The summed E-state index contributed by atoms with van der Waals surface area (Å²) in [5.41, 5.74) is 5.16. The van der Waals surface area contributed by atoms with Gasteiger partial charge in [-0.3, -0.25) is 14.6 Å². The second kappa shape index (κ2) is 7.24. The highest BCUT2D eigenvalue weighted by Gasteiger charge is 2.10. The summed E-state index contributed by atoms with van der Waals surface area (Å²) in [6.07, 6.45) is 4.78. The first-order valence-corrected chi connectivity index (χ1v) is 7.24. The molecule has 22 heavy (non-hydrogen) atoms. The summed E-state index contributed by atoms with van der Waals surface area (Å²) >= 11 is 1.48. The summed E-state index contributed by atoms with van der Waals surface area (Å²) in [7, 11) is 0. The number of thiazole rings is 1. The fraction of sp³-hybridized carbons (Fsp3) is 0.231. The Morgan fingerprint density at radius 3 is 3.09 bits per heavy atom. The molecular formula is C13H13N5O3S. The highest BCUT2D eigenvalue weighted by atomic mass is 32.1. The molecule has 0 aliphatic heterocycles. The van der Waals surface area contributed by atoms with Crippen molar-refractivity contribution < 1.29 is 14.3 Å². The van der Waals surface area contributed by atoms with Crippen LogP contribution in [0.1, 0.15) is 12.6 Å². The third-order valence-electron chi connectivity index (χ3n) is 2.53. The number of rotatable bonds is 6. The van der Waals surface area contributed by atoms with Crippen molar-refractivity contribution in [2.24, 2.45) is 0 Å². The summed E-state index contributed by atoms with van der Waals surface area (Å²) < 4.78 is 6.51. The number of hydrogen-bond donors (Lipinski definition) is 2. The number of esters is 1. The first-order valence-electron chi connectivity index (χ1n) is 6.37. The summed E-state index contributed by atoms with van der Waals surface area (Å²) in [6, 6.07) is 1.68. The summed E-state index contributed by atoms with van der Waals surface area (Å²) in [5.74, 6) is -1.09. The zero-order valence-electron chi connectivity index (χ0n) is 11.7. The lowest BCUT2D eigenvalue weighted by molar-refractivity contribution is -0.138. The predicted octanol–water partition coefficient (Wildman–Crippen LogP) is 0.530. The van der Waals surface area contributed by atoms with Gasteiger partial charge in [-0.2, -0.15) is 5.26 Å². The molecule has 0 aliphatic carbocycles. The fourth-order valence-corrected chi connectivity index (χ4v) is 2.32. The lowest BCUT2D eigenvalue weighted by Crippen LogP contribution is -2.35. The van der Waals surface area contributed by atoms with E-state index < -0.39 is 5.97 Å². The highest BCUT2D eigenvalue weighted by molar-refractivity contribution is 7.15. The molecule has 1 amide bonds. The maximum atomic E-state index is 11.7. The van der Waals surface area contributed by atoms with E-state index >= 15 is 0 Å². The summed E-state index contributed by atoms with van der Waals surface area (Å²) in [5, 5.41) is 10.7. The second-order valence-corrected chi connectivity index (χ2v) is 4.96. The van der Waals surface area contributed by atoms with Gasteiger partial charge in [0.25, 0.3) is 0 Å². The Bertz CT molecular complexity index is 727. The average Bonchev–Trinajstić information content (AvgIpc) is 3.04. The molecule has 8 nitrogen and oxygen atoms in total. The number of aromatic nitrogens is 2. The van der Waals surface area contributed by atoms with E-state index in [1.54, 1.807) is 19.2 Å². The van der Waals surface area contributed by atoms with E-state index in [0.717, 1.165) is 11.2 Å². The zero-order valence-corrected chi connectivity index (χ0v) is 12.5. The third-order valence-corrected chi connectivity index (χ3v) is 3.30. The SMILES string of the molecule is CCOC(=O)/C(C#N)=C/NNC(=O)Cc1cn2ccsc2n1. The molecule has 2 rings (SSSR count). The lowest BCUT2D eigenvalue weighted by atomic mass is 10.3. The lowest BCUT2D eigenvalue weighted by Gasteiger charge is -2.04. The maximum Gasteiger partial charge on any atom is 0.350 e. The van der Waals surface area contributed by atoms with Crippen LogP contribution in [0.2, 0.25) is 0 Å². The van der Waals surface area contributed by atoms with Crippen molar-refractivity contribution in [1.29, 1.82) is 5.26 Å². The molecule has 0 saturated heterocycles. The van der Waals surface area contributed by atoms with Crippen molar-refractivity contribution >= 4 is 28.2 Å². The average molecular weight is 319 g/mol. The normalized spacial score (nSPS) is 11.0. The van der Waals surface area contributed by atoms with Crippen LogP contribution in [0.15, 0.2) is 29.5 Å². The number of hydrazine groups is 1. The van der Waals surface area contributed by atoms with Gasteiger partial charge in [0.1, 0.15) is 6.07 Å². The number of nitrogens with zero attached hydrogens (tertiary/aromatic N) is 3. The molecule has 2 N–H and O–H groups in total. The number of fused-ring (bicyclic) bond motifs is 1. The van der Waals surface area contributed by atoms with Crippen LogP contribution in [-0.2, 0) is 20.7 Å². The van der Waals surface area contributed by atoms with Gasteiger partial charge in [0.2, 0.25) is 5.91 Å². The Kier molecular flexibility index (Phi) is 5.11. The van der Waals surface area contributed by atoms with Crippen LogP contribution in [0.5, 0.6) is 0 Å². The van der Waals surface area contributed by atoms with Crippen molar-refractivity contribution in [2.75, 3.05) is 6.61 Å². The molecule has 0 spiro atoms. The molecule has 0 bridgehead atoms. The molecular weight excluding hydrogens is 306 g/mol. The van der Waals surface area contributed by atoms with E-state index in [4.69, 9.17) is 5.26 Å².